The molecule has 0 atom stereocenters. The number of rotatable bonds is 1. The molecule has 1 rings (SSSR count). The monoisotopic (exact) mass is 167 g/mol. The molecule has 0 saturated carbocycles. The van der Waals surface area contributed by atoms with Crippen molar-refractivity contribution in [3.05, 3.63) is 12.3 Å². The van der Waals surface area contributed by atoms with Crippen molar-refractivity contribution in [3.8, 4) is 0 Å². The van der Waals surface area contributed by atoms with E-state index in [1.807, 2.05) is 0 Å². The maximum absolute atomic E-state index is 3.99. The molecule has 0 radical (unpaired) electrons. The Kier molecular flexibility index (Phi) is 2.81. The average molecular weight is 167 g/mol. The molecule has 0 aliphatic carbocycles. The molecule has 1 heterocycles. The van der Waals surface area contributed by atoms with Gasteiger partial charge in [-0.2, -0.15) is 0 Å². The second kappa shape index (κ2) is 3.51. The van der Waals surface area contributed by atoms with Crippen molar-refractivity contribution in [3.63, 3.8) is 0 Å². The van der Waals surface area contributed by atoms with Crippen LogP contribution >= 0.6 is 0 Å². The van der Waals surface area contributed by atoms with Crippen molar-refractivity contribution in [2.24, 2.45) is 5.41 Å². The maximum atomic E-state index is 3.99. The van der Waals surface area contributed by atoms with Crippen molar-refractivity contribution in [1.82, 2.24) is 4.90 Å². The predicted octanol–water partition coefficient (Wildman–Crippen LogP) is 3.03. The molecule has 0 bridgehead atoms. The van der Waals surface area contributed by atoms with E-state index in [0.717, 1.165) is 0 Å². The minimum absolute atomic E-state index is 0.546. The Morgan fingerprint density at radius 3 is 2.50 bits per heavy atom. The molecule has 0 aromatic heterocycles. The first-order valence-corrected chi connectivity index (χ1v) is 4.92. The highest BCUT2D eigenvalue weighted by Gasteiger charge is 2.22. The van der Waals surface area contributed by atoms with Crippen molar-refractivity contribution in [2.45, 2.75) is 40.0 Å². The molecule has 1 heteroatoms. The molecule has 1 fully saturated rings. The van der Waals surface area contributed by atoms with Crippen molar-refractivity contribution in [2.75, 3.05) is 13.1 Å². The van der Waals surface area contributed by atoms with Gasteiger partial charge in [0, 0.05) is 18.8 Å². The molecule has 0 spiro atoms. The summed E-state index contributed by atoms with van der Waals surface area (Å²) in [6.07, 6.45) is 3.98. The van der Waals surface area contributed by atoms with Gasteiger partial charge in [-0.3, -0.25) is 0 Å². The highest BCUT2D eigenvalue weighted by Crippen LogP contribution is 2.30. The third kappa shape index (κ3) is 2.54. The number of likely N-dealkylation sites (tertiary alicyclic amines) is 1. The van der Waals surface area contributed by atoms with E-state index in [1.165, 1.54) is 38.0 Å². The third-order valence-electron chi connectivity index (χ3n) is 2.88. The highest BCUT2D eigenvalue weighted by molar-refractivity contribution is 4.91. The van der Waals surface area contributed by atoms with Gasteiger partial charge in [-0.15, -0.1) is 0 Å². The van der Waals surface area contributed by atoms with Gasteiger partial charge in [0.2, 0.25) is 0 Å². The Morgan fingerprint density at radius 2 is 1.92 bits per heavy atom. The van der Waals surface area contributed by atoms with Crippen molar-refractivity contribution in [1.29, 1.82) is 0 Å². The summed E-state index contributed by atoms with van der Waals surface area (Å²) in [7, 11) is 0. The first kappa shape index (κ1) is 9.63. The van der Waals surface area contributed by atoms with Gasteiger partial charge < -0.3 is 4.90 Å². The third-order valence-corrected chi connectivity index (χ3v) is 2.88. The fraction of sp³-hybridized carbons (Fsp3) is 0.818. The Labute approximate surface area is 76.5 Å². The van der Waals surface area contributed by atoms with Crippen LogP contribution in [0.4, 0.5) is 0 Å². The topological polar surface area (TPSA) is 3.24 Å². The molecule has 1 aliphatic heterocycles. The average Bonchev–Trinajstić information content (AvgIpc) is 2.10. The normalized spacial score (nSPS) is 23.4. The molecular weight excluding hydrogens is 146 g/mol. The molecule has 0 aromatic rings. The van der Waals surface area contributed by atoms with E-state index in [2.05, 4.69) is 32.3 Å². The molecule has 12 heavy (non-hydrogen) atoms. The summed E-state index contributed by atoms with van der Waals surface area (Å²) in [5.41, 5.74) is 1.78. The van der Waals surface area contributed by atoms with Crippen LogP contribution in [0.15, 0.2) is 12.3 Å². The number of hydrogen-bond acceptors (Lipinski definition) is 1. The molecule has 0 amide bonds. The van der Waals surface area contributed by atoms with Crippen LogP contribution in [0.5, 0.6) is 0 Å². The maximum Gasteiger partial charge on any atom is 0.0179 e. The Morgan fingerprint density at radius 1 is 1.25 bits per heavy atom. The quantitative estimate of drug-likeness (QED) is 0.580. The van der Waals surface area contributed by atoms with Gasteiger partial charge in [-0.25, -0.2) is 0 Å². The predicted molar refractivity (Wildman–Crippen MR) is 54.0 cm³/mol. The summed E-state index contributed by atoms with van der Waals surface area (Å²) in [4.78, 5) is 2.41. The Balaban J connectivity index is 2.50. The van der Waals surface area contributed by atoms with Crippen LogP contribution in [-0.2, 0) is 0 Å². The summed E-state index contributed by atoms with van der Waals surface area (Å²) in [6, 6.07) is 0. The second-order valence-electron chi connectivity index (χ2n) is 4.74. The minimum atomic E-state index is 0.546. The molecule has 70 valence electrons. The van der Waals surface area contributed by atoms with E-state index in [-0.39, 0.29) is 0 Å². The Bertz CT molecular complexity index is 170. The van der Waals surface area contributed by atoms with Gasteiger partial charge in [0.15, 0.2) is 0 Å². The lowest BCUT2D eigenvalue weighted by Gasteiger charge is -2.24. The molecule has 0 unspecified atom stereocenters. The smallest absolute Gasteiger partial charge is 0.0179 e. The van der Waals surface area contributed by atoms with Crippen LogP contribution in [0.25, 0.3) is 0 Å². The van der Waals surface area contributed by atoms with Crippen molar-refractivity contribution < 1.29 is 0 Å². The zero-order chi connectivity index (χ0) is 9.19. The summed E-state index contributed by atoms with van der Waals surface area (Å²) in [6.45, 7) is 13.2. The number of hydrogen-bond donors (Lipinski definition) is 0. The van der Waals surface area contributed by atoms with Crippen molar-refractivity contribution >= 4 is 0 Å². The highest BCUT2D eigenvalue weighted by atomic mass is 15.1. The lowest BCUT2D eigenvalue weighted by Crippen LogP contribution is -2.22. The molecule has 0 N–H and O–H groups in total. The van der Waals surface area contributed by atoms with Gasteiger partial charge in [-0.05, 0) is 31.6 Å². The van der Waals surface area contributed by atoms with Gasteiger partial charge in [0.25, 0.3) is 0 Å². The number of allylic oxidation sites excluding steroid dienone is 1. The Hall–Kier alpha value is -0.460. The first-order chi connectivity index (χ1) is 5.51. The molecule has 1 aliphatic rings. The van der Waals surface area contributed by atoms with Crippen LogP contribution in [0.1, 0.15) is 40.0 Å². The first-order valence-electron chi connectivity index (χ1n) is 4.92. The lowest BCUT2D eigenvalue weighted by molar-refractivity contribution is 0.300. The lowest BCUT2D eigenvalue weighted by atomic mass is 9.85. The standard InChI is InChI=1S/C11H21N/c1-10(2)12-8-5-6-11(3,4)7-9-12/h1,5-9H2,2-4H3. The van der Waals surface area contributed by atoms with Crippen LogP contribution in [-0.4, -0.2) is 18.0 Å². The van der Waals surface area contributed by atoms with Gasteiger partial charge in [0.1, 0.15) is 0 Å². The van der Waals surface area contributed by atoms with E-state index in [4.69, 9.17) is 0 Å². The van der Waals surface area contributed by atoms with Crippen LogP contribution < -0.4 is 0 Å². The van der Waals surface area contributed by atoms with Gasteiger partial charge in [-0.1, -0.05) is 20.4 Å². The summed E-state index contributed by atoms with van der Waals surface area (Å²) < 4.78 is 0. The summed E-state index contributed by atoms with van der Waals surface area (Å²) in [5.74, 6) is 0. The van der Waals surface area contributed by atoms with E-state index in [0.29, 0.717) is 5.41 Å². The molecule has 1 saturated heterocycles. The van der Waals surface area contributed by atoms with Gasteiger partial charge in [0.05, 0.1) is 0 Å². The fourth-order valence-electron chi connectivity index (χ4n) is 1.80. The van der Waals surface area contributed by atoms with Gasteiger partial charge >= 0.3 is 0 Å². The largest absolute Gasteiger partial charge is 0.376 e. The van der Waals surface area contributed by atoms with E-state index < -0.39 is 0 Å². The van der Waals surface area contributed by atoms with Crippen LogP contribution in [0, 0.1) is 5.41 Å². The zero-order valence-electron chi connectivity index (χ0n) is 8.69. The van der Waals surface area contributed by atoms with E-state index in [9.17, 15) is 0 Å². The number of nitrogens with zero attached hydrogens (tertiary/aromatic N) is 1. The zero-order valence-corrected chi connectivity index (χ0v) is 8.69. The molecule has 0 aromatic carbocycles. The minimum Gasteiger partial charge on any atom is -0.376 e. The summed E-state index contributed by atoms with van der Waals surface area (Å²) >= 11 is 0. The van der Waals surface area contributed by atoms with Crippen LogP contribution in [0.3, 0.4) is 0 Å². The van der Waals surface area contributed by atoms with E-state index in [1.54, 1.807) is 0 Å². The van der Waals surface area contributed by atoms with E-state index >= 15 is 0 Å². The molecule has 1 nitrogen and oxygen atoms in total. The summed E-state index contributed by atoms with van der Waals surface area (Å²) in [5, 5.41) is 0. The SMILES string of the molecule is C=C(C)N1CCCC(C)(C)CC1. The van der Waals surface area contributed by atoms with Crippen LogP contribution in [0.2, 0.25) is 0 Å². The molecular formula is C11H21N. The second-order valence-corrected chi connectivity index (χ2v) is 4.74. The fourth-order valence-corrected chi connectivity index (χ4v) is 1.80.